The van der Waals surface area contributed by atoms with Gasteiger partial charge in [0.2, 0.25) is 0 Å². The molecule has 0 radical (unpaired) electrons. The third kappa shape index (κ3) is 3.43. The Balaban J connectivity index is 2.54. The monoisotopic (exact) mass is 351 g/mol. The number of hydrogen-bond donors (Lipinski definition) is 2. The number of nitro groups is 1. The summed E-state index contributed by atoms with van der Waals surface area (Å²) in [5.74, 6) is -0.899. The number of primary amides is 1. The average molecular weight is 351 g/mol. The van der Waals surface area contributed by atoms with Gasteiger partial charge in [0.25, 0.3) is 21.6 Å². The number of non-ortho nitro benzene ring substituents is 1. The Kier molecular flexibility index (Phi) is 4.69. The van der Waals surface area contributed by atoms with Gasteiger partial charge in [-0.25, -0.2) is 8.42 Å². The van der Waals surface area contributed by atoms with Crippen LogP contribution in [0.1, 0.15) is 10.4 Å². The molecule has 0 bridgehead atoms. The van der Waals surface area contributed by atoms with Gasteiger partial charge in [0.05, 0.1) is 23.3 Å². The largest absolute Gasteiger partial charge is 0.495 e. The van der Waals surface area contributed by atoms with E-state index < -0.39 is 31.4 Å². The van der Waals surface area contributed by atoms with Crippen LogP contribution in [0.5, 0.6) is 5.75 Å². The van der Waals surface area contributed by atoms with Crippen molar-refractivity contribution < 1.29 is 22.9 Å². The normalized spacial score (nSPS) is 10.9. The van der Waals surface area contributed by atoms with Crippen molar-refractivity contribution in [2.24, 2.45) is 5.73 Å². The predicted molar refractivity (Wildman–Crippen MR) is 85.4 cm³/mol. The van der Waals surface area contributed by atoms with E-state index in [1.807, 2.05) is 0 Å². The molecule has 9 nitrogen and oxygen atoms in total. The van der Waals surface area contributed by atoms with Gasteiger partial charge in [-0.2, -0.15) is 0 Å². The number of nitrogens with zero attached hydrogens (tertiary/aromatic N) is 1. The molecular formula is C14H13N3O6S. The zero-order valence-electron chi connectivity index (χ0n) is 12.4. The van der Waals surface area contributed by atoms with E-state index in [9.17, 15) is 23.3 Å². The zero-order chi connectivity index (χ0) is 17.9. The number of nitrogens with one attached hydrogen (secondary N) is 1. The summed E-state index contributed by atoms with van der Waals surface area (Å²) in [4.78, 5) is 21.1. The molecule has 0 spiro atoms. The number of para-hydroxylation sites is 1. The van der Waals surface area contributed by atoms with Gasteiger partial charge in [0.15, 0.2) is 0 Å². The molecule has 10 heteroatoms. The molecule has 0 aliphatic rings. The number of amides is 1. The first kappa shape index (κ1) is 17.2. The highest BCUT2D eigenvalue weighted by molar-refractivity contribution is 7.92. The number of nitro benzene ring substituents is 1. The molecule has 24 heavy (non-hydrogen) atoms. The number of nitrogens with two attached hydrogens (primary N) is 1. The average Bonchev–Trinajstić information content (AvgIpc) is 2.54. The molecule has 126 valence electrons. The molecule has 0 saturated carbocycles. The number of carbonyl (C=O) groups is 1. The highest BCUT2D eigenvalue weighted by atomic mass is 32.2. The van der Waals surface area contributed by atoms with E-state index in [1.54, 1.807) is 0 Å². The Bertz CT molecular complexity index is 910. The lowest BCUT2D eigenvalue weighted by molar-refractivity contribution is -0.385. The number of sulfonamides is 1. The van der Waals surface area contributed by atoms with Gasteiger partial charge in [-0.3, -0.25) is 19.6 Å². The van der Waals surface area contributed by atoms with Crippen LogP contribution in [0.15, 0.2) is 47.4 Å². The number of rotatable bonds is 6. The number of ether oxygens (including phenoxy) is 1. The zero-order valence-corrected chi connectivity index (χ0v) is 13.2. The molecule has 0 heterocycles. The van der Waals surface area contributed by atoms with Crippen LogP contribution in [-0.2, 0) is 10.0 Å². The Labute approximate surface area is 137 Å². The number of methoxy groups -OCH3 is 1. The molecule has 0 aliphatic heterocycles. The molecule has 0 aromatic heterocycles. The summed E-state index contributed by atoms with van der Waals surface area (Å²) in [6.07, 6.45) is 0. The van der Waals surface area contributed by atoms with Gasteiger partial charge in [-0.15, -0.1) is 0 Å². The van der Waals surface area contributed by atoms with Crippen molar-refractivity contribution in [3.8, 4) is 5.75 Å². The standard InChI is InChI=1S/C14H13N3O6S/c1-23-12-7-6-9(17(19)20)8-13(12)24(21,22)16-11-5-3-2-4-10(11)14(15)18/h2-8,16H,1H3,(H2,15,18). The molecule has 0 saturated heterocycles. The number of benzene rings is 2. The number of carbonyl (C=O) groups excluding carboxylic acids is 1. The molecule has 1 amide bonds. The van der Waals surface area contributed by atoms with Crippen LogP contribution in [0.2, 0.25) is 0 Å². The SMILES string of the molecule is COc1ccc([N+](=O)[O-])cc1S(=O)(=O)Nc1ccccc1C(N)=O. The maximum absolute atomic E-state index is 12.6. The van der Waals surface area contributed by atoms with E-state index in [2.05, 4.69) is 4.72 Å². The van der Waals surface area contributed by atoms with Crippen molar-refractivity contribution in [1.29, 1.82) is 0 Å². The van der Waals surface area contributed by atoms with Crippen LogP contribution >= 0.6 is 0 Å². The van der Waals surface area contributed by atoms with Gasteiger partial charge in [-0.05, 0) is 18.2 Å². The second-order valence-electron chi connectivity index (χ2n) is 4.61. The van der Waals surface area contributed by atoms with Crippen molar-refractivity contribution in [3.05, 3.63) is 58.1 Å². The van der Waals surface area contributed by atoms with Crippen LogP contribution in [0.25, 0.3) is 0 Å². The number of anilines is 1. The van der Waals surface area contributed by atoms with Crippen molar-refractivity contribution in [2.45, 2.75) is 4.90 Å². The van der Waals surface area contributed by atoms with Crippen LogP contribution < -0.4 is 15.2 Å². The summed E-state index contributed by atoms with van der Waals surface area (Å²) in [5, 5.41) is 10.9. The third-order valence-corrected chi connectivity index (χ3v) is 4.47. The smallest absolute Gasteiger partial charge is 0.271 e. The summed E-state index contributed by atoms with van der Waals surface area (Å²) in [6, 6.07) is 8.89. The van der Waals surface area contributed by atoms with Crippen molar-refractivity contribution in [2.75, 3.05) is 11.8 Å². The maximum Gasteiger partial charge on any atom is 0.271 e. The predicted octanol–water partition coefficient (Wildman–Crippen LogP) is 1.50. The van der Waals surface area contributed by atoms with Gasteiger partial charge in [0.1, 0.15) is 10.6 Å². The molecule has 3 N–H and O–H groups in total. The van der Waals surface area contributed by atoms with Crippen molar-refractivity contribution >= 4 is 27.3 Å². The first-order valence-electron chi connectivity index (χ1n) is 6.50. The van der Waals surface area contributed by atoms with E-state index in [4.69, 9.17) is 10.5 Å². The summed E-state index contributed by atoms with van der Waals surface area (Å²) in [6.45, 7) is 0. The van der Waals surface area contributed by atoms with Crippen LogP contribution in [-0.4, -0.2) is 26.4 Å². The van der Waals surface area contributed by atoms with Crippen molar-refractivity contribution in [1.82, 2.24) is 0 Å². The highest BCUT2D eigenvalue weighted by Gasteiger charge is 2.24. The summed E-state index contributed by atoms with van der Waals surface area (Å²) in [7, 11) is -3.02. The minimum Gasteiger partial charge on any atom is -0.495 e. The fourth-order valence-corrected chi connectivity index (χ4v) is 3.25. The molecule has 2 aromatic carbocycles. The molecule has 0 unspecified atom stereocenters. The molecule has 0 aliphatic carbocycles. The molecule has 2 rings (SSSR count). The van der Waals surface area contributed by atoms with Crippen LogP contribution in [0, 0.1) is 10.1 Å². The van der Waals surface area contributed by atoms with E-state index in [1.165, 1.54) is 37.4 Å². The third-order valence-electron chi connectivity index (χ3n) is 3.08. The van der Waals surface area contributed by atoms with Gasteiger partial charge in [-0.1, -0.05) is 12.1 Å². The second-order valence-corrected chi connectivity index (χ2v) is 6.26. The fourth-order valence-electron chi connectivity index (χ4n) is 1.98. The minimum atomic E-state index is -4.26. The maximum atomic E-state index is 12.6. The molecular weight excluding hydrogens is 338 g/mol. The van der Waals surface area contributed by atoms with E-state index in [0.717, 1.165) is 12.1 Å². The van der Waals surface area contributed by atoms with Gasteiger partial charge >= 0.3 is 0 Å². The first-order chi connectivity index (χ1) is 11.3. The lowest BCUT2D eigenvalue weighted by atomic mass is 10.2. The topological polar surface area (TPSA) is 142 Å². The van der Waals surface area contributed by atoms with E-state index in [0.29, 0.717) is 0 Å². The van der Waals surface area contributed by atoms with Crippen LogP contribution in [0.3, 0.4) is 0 Å². The lowest BCUT2D eigenvalue weighted by Gasteiger charge is -2.13. The highest BCUT2D eigenvalue weighted by Crippen LogP contribution is 2.30. The Morgan fingerprint density at radius 1 is 1.25 bits per heavy atom. The van der Waals surface area contributed by atoms with Crippen LogP contribution in [0.4, 0.5) is 11.4 Å². The summed E-state index contributed by atoms with van der Waals surface area (Å²) in [5.41, 5.74) is 4.71. The second kappa shape index (κ2) is 6.54. The molecule has 0 fully saturated rings. The van der Waals surface area contributed by atoms with Gasteiger partial charge < -0.3 is 10.5 Å². The van der Waals surface area contributed by atoms with Gasteiger partial charge in [0, 0.05) is 12.1 Å². The first-order valence-corrected chi connectivity index (χ1v) is 7.98. The fraction of sp³-hybridized carbons (Fsp3) is 0.0714. The summed E-state index contributed by atoms with van der Waals surface area (Å²) < 4.78 is 32.3. The lowest BCUT2D eigenvalue weighted by Crippen LogP contribution is -2.19. The van der Waals surface area contributed by atoms with Crippen molar-refractivity contribution in [3.63, 3.8) is 0 Å². The number of hydrogen-bond acceptors (Lipinski definition) is 6. The quantitative estimate of drug-likeness (QED) is 0.596. The molecule has 2 aromatic rings. The Morgan fingerprint density at radius 3 is 2.50 bits per heavy atom. The van der Waals surface area contributed by atoms with E-state index in [-0.39, 0.29) is 17.0 Å². The van der Waals surface area contributed by atoms with E-state index >= 15 is 0 Å². The molecule has 0 atom stereocenters. The minimum absolute atomic E-state index is 0.0366. The Hall–Kier alpha value is -3.14. The summed E-state index contributed by atoms with van der Waals surface area (Å²) >= 11 is 0. The Morgan fingerprint density at radius 2 is 1.92 bits per heavy atom.